The van der Waals surface area contributed by atoms with Crippen LogP contribution in [0.4, 0.5) is 0 Å². The van der Waals surface area contributed by atoms with Crippen molar-refractivity contribution in [3.63, 3.8) is 0 Å². The minimum Gasteiger partial charge on any atom is -0.360 e. The van der Waals surface area contributed by atoms with Crippen LogP contribution in [0.3, 0.4) is 0 Å². The van der Waals surface area contributed by atoms with Gasteiger partial charge in [-0.2, -0.15) is 0 Å². The van der Waals surface area contributed by atoms with E-state index in [4.69, 9.17) is 12.2 Å². The van der Waals surface area contributed by atoms with Gasteiger partial charge in [-0.05, 0) is 37.9 Å². The van der Waals surface area contributed by atoms with E-state index >= 15 is 0 Å². The fourth-order valence-electron chi connectivity index (χ4n) is 1.89. The Morgan fingerprint density at radius 3 is 1.92 bits per heavy atom. The Labute approximate surface area is 85.5 Å². The van der Waals surface area contributed by atoms with Crippen LogP contribution in [-0.4, -0.2) is 17.2 Å². The molecule has 0 spiro atoms. The Bertz CT molecular complexity index is 183. The molecule has 2 aliphatic rings. The van der Waals surface area contributed by atoms with E-state index in [9.17, 15) is 0 Å². The Balaban J connectivity index is 1.66. The SMILES string of the molecule is S=C(NC1CCCCC1)NC1CC1. The zero-order chi connectivity index (χ0) is 9.10. The number of nitrogens with one attached hydrogen (secondary N) is 2. The summed E-state index contributed by atoms with van der Waals surface area (Å²) in [4.78, 5) is 0. The zero-order valence-corrected chi connectivity index (χ0v) is 8.83. The van der Waals surface area contributed by atoms with Crippen molar-refractivity contribution < 1.29 is 0 Å². The third-order valence-electron chi connectivity index (χ3n) is 2.85. The molecule has 0 atom stereocenters. The number of rotatable bonds is 2. The summed E-state index contributed by atoms with van der Waals surface area (Å²) in [6.45, 7) is 0. The average molecular weight is 198 g/mol. The topological polar surface area (TPSA) is 24.1 Å². The van der Waals surface area contributed by atoms with E-state index in [0.717, 1.165) is 5.11 Å². The largest absolute Gasteiger partial charge is 0.360 e. The molecule has 0 amide bonds. The highest BCUT2D eigenvalue weighted by Crippen LogP contribution is 2.19. The van der Waals surface area contributed by atoms with Gasteiger partial charge in [0.05, 0.1) is 0 Å². The van der Waals surface area contributed by atoms with E-state index in [0.29, 0.717) is 12.1 Å². The smallest absolute Gasteiger partial charge is 0.166 e. The van der Waals surface area contributed by atoms with Crippen LogP contribution in [0.15, 0.2) is 0 Å². The molecule has 74 valence electrons. The lowest BCUT2D eigenvalue weighted by atomic mass is 9.96. The number of hydrogen-bond acceptors (Lipinski definition) is 1. The summed E-state index contributed by atoms with van der Waals surface area (Å²) >= 11 is 5.23. The lowest BCUT2D eigenvalue weighted by molar-refractivity contribution is 0.412. The van der Waals surface area contributed by atoms with Crippen molar-refractivity contribution in [1.82, 2.24) is 10.6 Å². The van der Waals surface area contributed by atoms with E-state index in [1.165, 1.54) is 44.9 Å². The van der Waals surface area contributed by atoms with Crippen molar-refractivity contribution in [2.75, 3.05) is 0 Å². The lowest BCUT2D eigenvalue weighted by Gasteiger charge is -2.24. The summed E-state index contributed by atoms with van der Waals surface area (Å²) in [5, 5.41) is 7.62. The van der Waals surface area contributed by atoms with Gasteiger partial charge in [-0.25, -0.2) is 0 Å². The molecule has 2 aliphatic carbocycles. The molecule has 0 bridgehead atoms. The second-order valence-electron chi connectivity index (χ2n) is 4.23. The van der Waals surface area contributed by atoms with Gasteiger partial charge in [-0.15, -0.1) is 0 Å². The summed E-state index contributed by atoms with van der Waals surface area (Å²) in [5.74, 6) is 0. The Morgan fingerprint density at radius 2 is 1.38 bits per heavy atom. The maximum absolute atomic E-state index is 5.23. The van der Waals surface area contributed by atoms with Gasteiger partial charge < -0.3 is 10.6 Å². The molecule has 2 rings (SSSR count). The van der Waals surface area contributed by atoms with Crippen LogP contribution >= 0.6 is 12.2 Å². The van der Waals surface area contributed by atoms with Crippen LogP contribution in [0.5, 0.6) is 0 Å². The van der Waals surface area contributed by atoms with Gasteiger partial charge in [-0.3, -0.25) is 0 Å². The first kappa shape index (κ1) is 9.25. The number of hydrogen-bond donors (Lipinski definition) is 2. The van der Waals surface area contributed by atoms with Crippen LogP contribution in [0.1, 0.15) is 44.9 Å². The molecule has 0 aromatic carbocycles. The molecular formula is C10H18N2S. The number of thiocarbonyl (C=S) groups is 1. The second-order valence-corrected chi connectivity index (χ2v) is 4.64. The minimum absolute atomic E-state index is 0.646. The van der Waals surface area contributed by atoms with Crippen LogP contribution < -0.4 is 10.6 Å². The molecular weight excluding hydrogens is 180 g/mol. The molecule has 0 aliphatic heterocycles. The quantitative estimate of drug-likeness (QED) is 0.663. The van der Waals surface area contributed by atoms with Crippen molar-refractivity contribution in [2.45, 2.75) is 57.0 Å². The summed E-state index contributed by atoms with van der Waals surface area (Å²) in [7, 11) is 0. The minimum atomic E-state index is 0.646. The maximum Gasteiger partial charge on any atom is 0.166 e. The van der Waals surface area contributed by atoms with E-state index in [1.807, 2.05) is 0 Å². The first-order valence-corrected chi connectivity index (χ1v) is 5.82. The Kier molecular flexibility index (Phi) is 3.04. The summed E-state index contributed by atoms with van der Waals surface area (Å²) in [6.07, 6.45) is 9.33. The Hall–Kier alpha value is -0.310. The van der Waals surface area contributed by atoms with Crippen LogP contribution in [0.2, 0.25) is 0 Å². The predicted molar refractivity (Wildman–Crippen MR) is 58.8 cm³/mol. The van der Waals surface area contributed by atoms with Gasteiger partial charge >= 0.3 is 0 Å². The van der Waals surface area contributed by atoms with Crippen molar-refractivity contribution in [3.8, 4) is 0 Å². The molecule has 2 N–H and O–H groups in total. The average Bonchev–Trinajstić information content (AvgIpc) is 2.90. The third kappa shape index (κ3) is 3.14. The highest BCUT2D eigenvalue weighted by atomic mass is 32.1. The first-order valence-electron chi connectivity index (χ1n) is 5.41. The predicted octanol–water partition coefficient (Wildman–Crippen LogP) is 1.95. The van der Waals surface area contributed by atoms with Gasteiger partial charge in [0.15, 0.2) is 5.11 Å². The van der Waals surface area contributed by atoms with E-state index < -0.39 is 0 Å². The van der Waals surface area contributed by atoms with Crippen LogP contribution in [0, 0.1) is 0 Å². The maximum atomic E-state index is 5.23. The molecule has 0 aromatic heterocycles. The van der Waals surface area contributed by atoms with Gasteiger partial charge in [-0.1, -0.05) is 19.3 Å². The standard InChI is InChI=1S/C10H18N2S/c13-10(12-9-6-7-9)11-8-4-2-1-3-5-8/h8-9H,1-7H2,(H2,11,12,13). The van der Waals surface area contributed by atoms with Crippen molar-refractivity contribution in [2.24, 2.45) is 0 Å². The molecule has 2 saturated carbocycles. The lowest BCUT2D eigenvalue weighted by Crippen LogP contribution is -2.43. The van der Waals surface area contributed by atoms with E-state index in [1.54, 1.807) is 0 Å². The summed E-state index contributed by atoms with van der Waals surface area (Å²) in [6, 6.07) is 1.33. The molecule has 0 saturated heterocycles. The van der Waals surface area contributed by atoms with Gasteiger partial charge in [0.25, 0.3) is 0 Å². The van der Waals surface area contributed by atoms with Crippen LogP contribution in [0.25, 0.3) is 0 Å². The molecule has 3 heteroatoms. The fourth-order valence-corrected chi connectivity index (χ4v) is 2.22. The van der Waals surface area contributed by atoms with Gasteiger partial charge in [0.1, 0.15) is 0 Å². The van der Waals surface area contributed by atoms with Gasteiger partial charge in [0.2, 0.25) is 0 Å². The van der Waals surface area contributed by atoms with Gasteiger partial charge in [0, 0.05) is 12.1 Å². The van der Waals surface area contributed by atoms with Crippen molar-refractivity contribution in [3.05, 3.63) is 0 Å². The highest BCUT2D eigenvalue weighted by molar-refractivity contribution is 7.80. The van der Waals surface area contributed by atoms with Crippen LogP contribution in [-0.2, 0) is 0 Å². The monoisotopic (exact) mass is 198 g/mol. The highest BCUT2D eigenvalue weighted by Gasteiger charge is 2.22. The second kappa shape index (κ2) is 4.27. The molecule has 0 unspecified atom stereocenters. The zero-order valence-electron chi connectivity index (χ0n) is 8.01. The van der Waals surface area contributed by atoms with Crippen molar-refractivity contribution >= 4 is 17.3 Å². The Morgan fingerprint density at radius 1 is 0.846 bits per heavy atom. The normalized spacial score (nSPS) is 24.0. The van der Waals surface area contributed by atoms with E-state index in [-0.39, 0.29) is 0 Å². The molecule has 2 fully saturated rings. The molecule has 0 aromatic rings. The first-order chi connectivity index (χ1) is 6.34. The van der Waals surface area contributed by atoms with E-state index in [2.05, 4.69) is 10.6 Å². The molecule has 13 heavy (non-hydrogen) atoms. The summed E-state index contributed by atoms with van der Waals surface area (Å²) in [5.41, 5.74) is 0. The third-order valence-corrected chi connectivity index (χ3v) is 3.09. The molecule has 2 nitrogen and oxygen atoms in total. The molecule has 0 heterocycles. The fraction of sp³-hybridized carbons (Fsp3) is 0.900. The molecule has 0 radical (unpaired) electrons. The van der Waals surface area contributed by atoms with Crippen molar-refractivity contribution in [1.29, 1.82) is 0 Å². The summed E-state index contributed by atoms with van der Waals surface area (Å²) < 4.78 is 0.